The Kier molecular flexibility index (Phi) is 6.18. The summed E-state index contributed by atoms with van der Waals surface area (Å²) in [5, 5.41) is 2.92. The minimum Gasteiger partial charge on any atom is -0.494 e. The van der Waals surface area contributed by atoms with Crippen molar-refractivity contribution in [1.29, 1.82) is 0 Å². The minimum atomic E-state index is -0.0102. The number of nitrogens with zero attached hydrogens (tertiary/aromatic N) is 1. The van der Waals surface area contributed by atoms with E-state index >= 15 is 0 Å². The SMILES string of the molecule is CCOc1ccc(CN(C)CC(=O)Nc2cccc(C)c2)cc1. The summed E-state index contributed by atoms with van der Waals surface area (Å²) in [5.41, 5.74) is 3.12. The van der Waals surface area contributed by atoms with Crippen LogP contribution in [-0.4, -0.2) is 31.0 Å². The molecule has 1 N–H and O–H groups in total. The van der Waals surface area contributed by atoms with Crippen LogP contribution in [-0.2, 0) is 11.3 Å². The molecule has 2 aromatic rings. The normalized spacial score (nSPS) is 10.6. The molecule has 0 aliphatic rings. The maximum Gasteiger partial charge on any atom is 0.238 e. The highest BCUT2D eigenvalue weighted by atomic mass is 16.5. The van der Waals surface area contributed by atoms with E-state index in [2.05, 4.69) is 5.32 Å². The standard InChI is InChI=1S/C19H24N2O2/c1-4-23-18-10-8-16(9-11-18)13-21(3)14-19(22)20-17-7-5-6-15(2)12-17/h5-12H,4,13-14H2,1-3H3,(H,20,22). The summed E-state index contributed by atoms with van der Waals surface area (Å²) in [5.74, 6) is 0.861. The Morgan fingerprint density at radius 1 is 1.17 bits per heavy atom. The highest BCUT2D eigenvalue weighted by Gasteiger charge is 2.08. The van der Waals surface area contributed by atoms with Crippen LogP contribution in [0.25, 0.3) is 0 Å². The van der Waals surface area contributed by atoms with Gasteiger partial charge in [-0.05, 0) is 56.3 Å². The summed E-state index contributed by atoms with van der Waals surface area (Å²) >= 11 is 0. The number of rotatable bonds is 7. The van der Waals surface area contributed by atoms with Crippen molar-refractivity contribution in [3.05, 3.63) is 59.7 Å². The number of aryl methyl sites for hydroxylation is 1. The van der Waals surface area contributed by atoms with Crippen LogP contribution in [0, 0.1) is 6.92 Å². The first kappa shape index (κ1) is 17.0. The van der Waals surface area contributed by atoms with Crippen LogP contribution in [0.3, 0.4) is 0 Å². The second-order valence-electron chi connectivity index (χ2n) is 5.67. The number of hydrogen-bond acceptors (Lipinski definition) is 3. The Bertz CT molecular complexity index is 638. The third-order valence-electron chi connectivity index (χ3n) is 3.40. The molecule has 0 saturated carbocycles. The molecule has 0 atom stereocenters. The van der Waals surface area contributed by atoms with E-state index in [1.54, 1.807) is 0 Å². The van der Waals surface area contributed by atoms with Gasteiger partial charge in [-0.2, -0.15) is 0 Å². The average Bonchev–Trinajstić information content (AvgIpc) is 2.49. The van der Waals surface area contributed by atoms with Crippen molar-refractivity contribution in [2.45, 2.75) is 20.4 Å². The number of carbonyl (C=O) groups is 1. The number of amides is 1. The molecule has 0 bridgehead atoms. The van der Waals surface area contributed by atoms with E-state index in [4.69, 9.17) is 4.74 Å². The molecule has 0 aliphatic heterocycles. The molecule has 23 heavy (non-hydrogen) atoms. The van der Waals surface area contributed by atoms with Gasteiger partial charge < -0.3 is 10.1 Å². The van der Waals surface area contributed by atoms with Crippen LogP contribution in [0.4, 0.5) is 5.69 Å². The monoisotopic (exact) mass is 312 g/mol. The van der Waals surface area contributed by atoms with Crippen molar-refractivity contribution in [2.75, 3.05) is 25.5 Å². The largest absolute Gasteiger partial charge is 0.494 e. The van der Waals surface area contributed by atoms with Crippen LogP contribution >= 0.6 is 0 Å². The van der Waals surface area contributed by atoms with Crippen molar-refractivity contribution in [2.24, 2.45) is 0 Å². The van der Waals surface area contributed by atoms with Crippen molar-refractivity contribution in [3.8, 4) is 5.75 Å². The van der Waals surface area contributed by atoms with Gasteiger partial charge in [0.15, 0.2) is 0 Å². The first-order chi connectivity index (χ1) is 11.1. The van der Waals surface area contributed by atoms with Crippen LogP contribution in [0.2, 0.25) is 0 Å². The van der Waals surface area contributed by atoms with E-state index in [1.165, 1.54) is 0 Å². The minimum absolute atomic E-state index is 0.0102. The second kappa shape index (κ2) is 8.34. The Morgan fingerprint density at radius 2 is 1.91 bits per heavy atom. The maximum atomic E-state index is 12.1. The van der Waals surface area contributed by atoms with E-state index in [9.17, 15) is 4.79 Å². The fourth-order valence-electron chi connectivity index (χ4n) is 2.39. The summed E-state index contributed by atoms with van der Waals surface area (Å²) in [6, 6.07) is 15.8. The predicted octanol–water partition coefficient (Wildman–Crippen LogP) is 3.46. The van der Waals surface area contributed by atoms with E-state index in [-0.39, 0.29) is 5.91 Å². The Morgan fingerprint density at radius 3 is 2.57 bits per heavy atom. The average molecular weight is 312 g/mol. The molecular formula is C19H24N2O2. The first-order valence-corrected chi connectivity index (χ1v) is 7.83. The summed E-state index contributed by atoms with van der Waals surface area (Å²) < 4.78 is 5.43. The van der Waals surface area contributed by atoms with Crippen molar-refractivity contribution >= 4 is 11.6 Å². The molecule has 0 unspecified atom stereocenters. The number of benzene rings is 2. The molecule has 0 radical (unpaired) electrons. The van der Waals surface area contributed by atoms with Gasteiger partial charge >= 0.3 is 0 Å². The fraction of sp³-hybridized carbons (Fsp3) is 0.316. The Hall–Kier alpha value is -2.33. The number of ether oxygens (including phenoxy) is 1. The Balaban J connectivity index is 1.83. The zero-order valence-corrected chi connectivity index (χ0v) is 14.0. The molecule has 0 aromatic heterocycles. The van der Waals surface area contributed by atoms with Gasteiger partial charge in [-0.25, -0.2) is 0 Å². The summed E-state index contributed by atoms with van der Waals surface area (Å²) in [7, 11) is 1.94. The van der Waals surface area contributed by atoms with Gasteiger partial charge in [0.25, 0.3) is 0 Å². The van der Waals surface area contributed by atoms with E-state index in [0.717, 1.165) is 22.6 Å². The van der Waals surface area contributed by atoms with Gasteiger partial charge in [-0.1, -0.05) is 24.3 Å². The van der Waals surface area contributed by atoms with E-state index in [1.807, 2.05) is 74.3 Å². The van der Waals surface area contributed by atoms with Gasteiger partial charge in [-0.3, -0.25) is 9.69 Å². The molecular weight excluding hydrogens is 288 g/mol. The molecule has 4 nitrogen and oxygen atoms in total. The molecule has 0 aliphatic carbocycles. The predicted molar refractivity (Wildman–Crippen MR) is 93.8 cm³/mol. The Labute approximate surface area is 138 Å². The molecule has 1 amide bonds. The van der Waals surface area contributed by atoms with Crippen LogP contribution in [0.1, 0.15) is 18.1 Å². The molecule has 2 aromatic carbocycles. The lowest BCUT2D eigenvalue weighted by atomic mass is 10.2. The van der Waals surface area contributed by atoms with Gasteiger partial charge in [0.2, 0.25) is 5.91 Å². The van der Waals surface area contributed by atoms with E-state index in [0.29, 0.717) is 19.7 Å². The van der Waals surface area contributed by atoms with Gasteiger partial charge in [-0.15, -0.1) is 0 Å². The molecule has 0 spiro atoms. The van der Waals surface area contributed by atoms with Crippen molar-refractivity contribution in [3.63, 3.8) is 0 Å². The smallest absolute Gasteiger partial charge is 0.238 e. The number of carbonyl (C=O) groups excluding carboxylic acids is 1. The molecule has 4 heteroatoms. The topological polar surface area (TPSA) is 41.6 Å². The zero-order chi connectivity index (χ0) is 16.7. The highest BCUT2D eigenvalue weighted by Crippen LogP contribution is 2.13. The lowest BCUT2D eigenvalue weighted by molar-refractivity contribution is -0.117. The quantitative estimate of drug-likeness (QED) is 0.851. The molecule has 0 fully saturated rings. The summed E-state index contributed by atoms with van der Waals surface area (Å²) in [4.78, 5) is 14.1. The first-order valence-electron chi connectivity index (χ1n) is 7.83. The highest BCUT2D eigenvalue weighted by molar-refractivity contribution is 5.92. The zero-order valence-electron chi connectivity index (χ0n) is 14.0. The summed E-state index contributed by atoms with van der Waals surface area (Å²) in [6.07, 6.45) is 0. The van der Waals surface area contributed by atoms with Crippen molar-refractivity contribution in [1.82, 2.24) is 4.90 Å². The molecule has 122 valence electrons. The van der Waals surface area contributed by atoms with Gasteiger partial charge in [0.1, 0.15) is 5.75 Å². The van der Waals surface area contributed by atoms with Gasteiger partial charge in [0, 0.05) is 12.2 Å². The lowest BCUT2D eigenvalue weighted by Crippen LogP contribution is -2.29. The van der Waals surface area contributed by atoms with Crippen LogP contribution in [0.5, 0.6) is 5.75 Å². The third kappa shape index (κ3) is 5.75. The number of anilines is 1. The molecule has 2 rings (SSSR count). The summed E-state index contributed by atoms with van der Waals surface area (Å²) in [6.45, 7) is 5.70. The molecule has 0 heterocycles. The van der Waals surface area contributed by atoms with E-state index < -0.39 is 0 Å². The third-order valence-corrected chi connectivity index (χ3v) is 3.40. The number of likely N-dealkylation sites (N-methyl/N-ethyl adjacent to an activating group) is 1. The number of hydrogen-bond donors (Lipinski definition) is 1. The second-order valence-corrected chi connectivity index (χ2v) is 5.67. The molecule has 0 saturated heterocycles. The van der Waals surface area contributed by atoms with Gasteiger partial charge in [0.05, 0.1) is 13.2 Å². The number of nitrogens with one attached hydrogen (secondary N) is 1. The van der Waals surface area contributed by atoms with Crippen LogP contribution in [0.15, 0.2) is 48.5 Å². The van der Waals surface area contributed by atoms with Crippen LogP contribution < -0.4 is 10.1 Å². The fourth-order valence-corrected chi connectivity index (χ4v) is 2.39. The lowest BCUT2D eigenvalue weighted by Gasteiger charge is -2.16. The maximum absolute atomic E-state index is 12.1. The van der Waals surface area contributed by atoms with Crippen molar-refractivity contribution < 1.29 is 9.53 Å².